The van der Waals surface area contributed by atoms with Crippen LogP contribution in [0.4, 0.5) is 17.6 Å². The van der Waals surface area contributed by atoms with Crippen molar-refractivity contribution < 1.29 is 27.2 Å². The molecule has 1 aliphatic heterocycles. The number of amides is 2. The van der Waals surface area contributed by atoms with Crippen molar-refractivity contribution in [2.75, 3.05) is 0 Å². The first-order valence-corrected chi connectivity index (χ1v) is 9.87. The number of benzene rings is 2. The van der Waals surface area contributed by atoms with Crippen LogP contribution < -0.4 is 5.32 Å². The van der Waals surface area contributed by atoms with Gasteiger partial charge in [-0.15, -0.1) is 0 Å². The molecular formula is C22H19F4N3O2. The highest BCUT2D eigenvalue weighted by Crippen LogP contribution is 2.41. The Balaban J connectivity index is 1.82. The summed E-state index contributed by atoms with van der Waals surface area (Å²) < 4.78 is 57.0. The quantitative estimate of drug-likeness (QED) is 0.740. The van der Waals surface area contributed by atoms with Crippen molar-refractivity contribution in [2.45, 2.75) is 43.6 Å². The van der Waals surface area contributed by atoms with Crippen LogP contribution in [-0.4, -0.2) is 40.4 Å². The van der Waals surface area contributed by atoms with E-state index < -0.39 is 41.1 Å². The number of halogens is 4. The molecular weight excluding hydrogens is 414 g/mol. The first kappa shape index (κ1) is 21.0. The van der Waals surface area contributed by atoms with Crippen molar-refractivity contribution in [3.63, 3.8) is 0 Å². The zero-order chi connectivity index (χ0) is 22.2. The largest absolute Gasteiger partial charge is 0.442 e. The van der Waals surface area contributed by atoms with Gasteiger partial charge in [0.1, 0.15) is 11.7 Å². The van der Waals surface area contributed by atoms with Gasteiger partial charge in [-0.05, 0) is 25.0 Å². The Labute approximate surface area is 175 Å². The third-order valence-corrected chi connectivity index (χ3v) is 5.58. The van der Waals surface area contributed by atoms with Gasteiger partial charge in [0.25, 0.3) is 11.8 Å². The first-order chi connectivity index (χ1) is 14.7. The fourth-order valence-electron chi connectivity index (χ4n) is 4.04. The van der Waals surface area contributed by atoms with E-state index in [1.165, 1.54) is 12.1 Å². The topological polar surface area (TPSA) is 61.8 Å². The van der Waals surface area contributed by atoms with Gasteiger partial charge in [-0.2, -0.15) is 13.2 Å². The van der Waals surface area contributed by atoms with Gasteiger partial charge in [0.2, 0.25) is 0 Å². The second-order valence-corrected chi connectivity index (χ2v) is 7.56. The van der Waals surface area contributed by atoms with E-state index in [1.807, 2.05) is 0 Å². The van der Waals surface area contributed by atoms with Gasteiger partial charge in [0, 0.05) is 11.6 Å². The molecule has 2 aliphatic rings. The Bertz CT molecular complexity index is 1030. The summed E-state index contributed by atoms with van der Waals surface area (Å²) in [7, 11) is 0. The van der Waals surface area contributed by atoms with Gasteiger partial charge < -0.3 is 5.32 Å². The summed E-state index contributed by atoms with van der Waals surface area (Å²) in [5.74, 6) is -3.89. The Morgan fingerprint density at radius 3 is 2.26 bits per heavy atom. The monoisotopic (exact) mass is 433 g/mol. The molecule has 2 amide bonds. The van der Waals surface area contributed by atoms with E-state index in [-0.39, 0.29) is 5.84 Å². The molecule has 1 saturated carbocycles. The summed E-state index contributed by atoms with van der Waals surface area (Å²) >= 11 is 0. The third kappa shape index (κ3) is 3.58. The number of nitrogens with one attached hydrogen (secondary N) is 1. The molecule has 2 aromatic rings. The van der Waals surface area contributed by atoms with Crippen LogP contribution in [0.5, 0.6) is 0 Å². The highest BCUT2D eigenvalue weighted by Gasteiger charge is 2.68. The number of aliphatic imine (C=N–C) groups is 1. The predicted molar refractivity (Wildman–Crippen MR) is 105 cm³/mol. The summed E-state index contributed by atoms with van der Waals surface area (Å²) in [5.41, 5.74) is -3.80. The van der Waals surface area contributed by atoms with E-state index in [0.29, 0.717) is 18.4 Å². The van der Waals surface area contributed by atoms with E-state index in [9.17, 15) is 27.2 Å². The summed E-state index contributed by atoms with van der Waals surface area (Å²) in [6.45, 7) is 0. The average molecular weight is 433 g/mol. The summed E-state index contributed by atoms with van der Waals surface area (Å²) in [5, 5.41) is 1.71. The Morgan fingerprint density at radius 2 is 1.65 bits per heavy atom. The summed E-state index contributed by atoms with van der Waals surface area (Å²) in [6.07, 6.45) is -2.62. The van der Waals surface area contributed by atoms with Gasteiger partial charge in [-0.1, -0.05) is 55.3 Å². The molecule has 1 heterocycles. The number of hydrogen-bond donors (Lipinski definition) is 1. The fourth-order valence-corrected chi connectivity index (χ4v) is 4.04. The van der Waals surface area contributed by atoms with E-state index in [0.717, 1.165) is 29.9 Å². The molecule has 0 aromatic heterocycles. The SMILES string of the molecule is O=C(N[C@@]1(C(F)(F)F)N=C(c2ccccc2)N(C2CCCC2)C1=O)c1ccccc1F. The molecule has 0 spiro atoms. The van der Waals surface area contributed by atoms with E-state index in [4.69, 9.17) is 0 Å². The third-order valence-electron chi connectivity index (χ3n) is 5.58. The average Bonchev–Trinajstić information content (AvgIpc) is 3.35. The maximum absolute atomic E-state index is 14.3. The minimum atomic E-state index is -5.24. The highest BCUT2D eigenvalue weighted by molar-refractivity contribution is 6.17. The first-order valence-electron chi connectivity index (χ1n) is 9.87. The predicted octanol–water partition coefficient (Wildman–Crippen LogP) is 4.05. The second-order valence-electron chi connectivity index (χ2n) is 7.56. The maximum Gasteiger partial charge on any atom is 0.442 e. The van der Waals surface area contributed by atoms with Crippen LogP contribution in [0.3, 0.4) is 0 Å². The number of rotatable bonds is 4. The van der Waals surface area contributed by atoms with Crippen molar-refractivity contribution in [1.82, 2.24) is 10.2 Å². The van der Waals surface area contributed by atoms with Crippen LogP contribution in [0.1, 0.15) is 41.6 Å². The lowest BCUT2D eigenvalue weighted by Gasteiger charge is -2.31. The van der Waals surface area contributed by atoms with Crippen LogP contribution in [-0.2, 0) is 4.79 Å². The van der Waals surface area contributed by atoms with Gasteiger partial charge >= 0.3 is 11.8 Å². The van der Waals surface area contributed by atoms with Gasteiger partial charge in [0.05, 0.1) is 5.56 Å². The standard InChI is InChI=1S/C22H19F4N3O2/c23-17-13-7-6-12-16(17)19(30)28-21(22(24,25)26)20(31)29(15-10-4-5-11-15)18(27-21)14-8-2-1-3-9-14/h1-3,6-9,12-13,15H,4-5,10-11H2,(H,28,30)/t21-/m0/s1. The Hall–Kier alpha value is -3.23. The molecule has 2 aromatic carbocycles. The molecule has 1 atom stereocenters. The highest BCUT2D eigenvalue weighted by atomic mass is 19.4. The Morgan fingerprint density at radius 1 is 1.03 bits per heavy atom. The van der Waals surface area contributed by atoms with Crippen LogP contribution >= 0.6 is 0 Å². The minimum Gasteiger partial charge on any atom is -0.312 e. The summed E-state index contributed by atoms with van der Waals surface area (Å²) in [6, 6.07) is 12.2. The zero-order valence-corrected chi connectivity index (χ0v) is 16.3. The molecule has 162 valence electrons. The van der Waals surface area contributed by atoms with E-state index in [2.05, 4.69) is 4.99 Å². The normalized spacial score (nSPS) is 22.0. The van der Waals surface area contributed by atoms with E-state index in [1.54, 1.807) is 35.6 Å². The van der Waals surface area contributed by atoms with Crippen molar-refractivity contribution in [3.8, 4) is 0 Å². The van der Waals surface area contributed by atoms with E-state index >= 15 is 0 Å². The number of nitrogens with zero attached hydrogens (tertiary/aromatic N) is 2. The lowest BCUT2D eigenvalue weighted by molar-refractivity contribution is -0.196. The number of alkyl halides is 3. The minimum absolute atomic E-state index is 0.149. The Kier molecular flexibility index (Phi) is 5.28. The molecule has 0 radical (unpaired) electrons. The van der Waals surface area contributed by atoms with Crippen molar-refractivity contribution in [1.29, 1.82) is 0 Å². The maximum atomic E-state index is 14.3. The van der Waals surface area contributed by atoms with Crippen molar-refractivity contribution in [3.05, 3.63) is 71.5 Å². The van der Waals surface area contributed by atoms with Gasteiger partial charge in [0.15, 0.2) is 0 Å². The molecule has 1 fully saturated rings. The van der Waals surface area contributed by atoms with Crippen LogP contribution in [0.15, 0.2) is 59.6 Å². The van der Waals surface area contributed by atoms with Crippen LogP contribution in [0.2, 0.25) is 0 Å². The number of carbonyl (C=O) groups is 2. The molecule has 0 bridgehead atoms. The molecule has 0 saturated heterocycles. The smallest absolute Gasteiger partial charge is 0.312 e. The molecule has 5 nitrogen and oxygen atoms in total. The zero-order valence-electron chi connectivity index (χ0n) is 16.3. The van der Waals surface area contributed by atoms with Gasteiger partial charge in [-0.25, -0.2) is 9.38 Å². The fraction of sp³-hybridized carbons (Fsp3) is 0.318. The number of hydrogen-bond acceptors (Lipinski definition) is 3. The second kappa shape index (κ2) is 7.79. The lowest BCUT2D eigenvalue weighted by Crippen LogP contribution is -2.64. The molecule has 9 heteroatoms. The number of amidine groups is 1. The number of carbonyl (C=O) groups excluding carboxylic acids is 2. The van der Waals surface area contributed by atoms with Gasteiger partial charge in [-0.3, -0.25) is 14.5 Å². The van der Waals surface area contributed by atoms with Crippen LogP contribution in [0.25, 0.3) is 0 Å². The van der Waals surface area contributed by atoms with Crippen molar-refractivity contribution >= 4 is 17.6 Å². The molecule has 1 aliphatic carbocycles. The lowest BCUT2D eigenvalue weighted by atomic mass is 10.1. The molecule has 0 unspecified atom stereocenters. The molecule has 4 rings (SSSR count). The van der Waals surface area contributed by atoms with Crippen LogP contribution in [0, 0.1) is 5.82 Å². The molecule has 1 N–H and O–H groups in total. The molecule has 31 heavy (non-hydrogen) atoms. The van der Waals surface area contributed by atoms with Crippen molar-refractivity contribution in [2.24, 2.45) is 4.99 Å². The summed E-state index contributed by atoms with van der Waals surface area (Å²) in [4.78, 5) is 30.7.